The molecule has 2 aliphatic heterocycles. The maximum Gasteiger partial charge on any atom is 0.417 e. The molecule has 2 aliphatic rings. The molecule has 0 aromatic heterocycles. The van der Waals surface area contributed by atoms with Gasteiger partial charge in [0.15, 0.2) is 0 Å². The van der Waals surface area contributed by atoms with E-state index in [1.807, 2.05) is 4.90 Å². The lowest BCUT2D eigenvalue weighted by molar-refractivity contribution is -0.137. The van der Waals surface area contributed by atoms with Gasteiger partial charge in [-0.05, 0) is 18.2 Å². The average Bonchev–Trinajstić information content (AvgIpc) is 2.53. The van der Waals surface area contributed by atoms with E-state index in [2.05, 4.69) is 4.90 Å². The van der Waals surface area contributed by atoms with E-state index < -0.39 is 11.7 Å². The van der Waals surface area contributed by atoms with E-state index in [0.717, 1.165) is 32.3 Å². The van der Waals surface area contributed by atoms with Crippen LogP contribution in [0.3, 0.4) is 0 Å². The van der Waals surface area contributed by atoms with Crippen LogP contribution in [0.1, 0.15) is 11.1 Å². The summed E-state index contributed by atoms with van der Waals surface area (Å²) in [7, 11) is 0. The smallest absolute Gasteiger partial charge is 0.378 e. The molecule has 3 rings (SSSR count). The minimum Gasteiger partial charge on any atom is -0.378 e. The van der Waals surface area contributed by atoms with E-state index in [-0.39, 0.29) is 11.6 Å². The number of ether oxygens (including phenoxy) is 1. The predicted molar refractivity (Wildman–Crippen MR) is 74.6 cm³/mol. The van der Waals surface area contributed by atoms with E-state index in [9.17, 15) is 13.2 Å². The number of anilines is 1. The van der Waals surface area contributed by atoms with Crippen LogP contribution in [0.2, 0.25) is 0 Å². The minimum absolute atomic E-state index is 0.260. The number of nitriles is 1. The molecule has 2 heterocycles. The van der Waals surface area contributed by atoms with Gasteiger partial charge in [0.1, 0.15) is 0 Å². The molecule has 0 saturated carbocycles. The third-order valence-corrected chi connectivity index (χ3v) is 4.23. The van der Waals surface area contributed by atoms with Crippen LogP contribution in [0.15, 0.2) is 18.2 Å². The van der Waals surface area contributed by atoms with Gasteiger partial charge in [0.25, 0.3) is 0 Å². The highest BCUT2D eigenvalue weighted by molar-refractivity contribution is 5.55. The molecular formula is C15H16F3N3O. The molecule has 7 heteroatoms. The number of halogens is 3. The molecule has 0 aliphatic carbocycles. The van der Waals surface area contributed by atoms with Gasteiger partial charge < -0.3 is 9.64 Å². The summed E-state index contributed by atoms with van der Waals surface area (Å²) in [5.41, 5.74) is -0.541. The number of hydrogen-bond donors (Lipinski definition) is 0. The van der Waals surface area contributed by atoms with E-state index in [1.165, 1.54) is 12.1 Å². The second kappa shape index (κ2) is 5.78. The van der Waals surface area contributed by atoms with Crippen molar-refractivity contribution in [2.24, 2.45) is 0 Å². The summed E-state index contributed by atoms with van der Waals surface area (Å²) in [6.07, 6.45) is -4.50. The van der Waals surface area contributed by atoms with E-state index in [4.69, 9.17) is 10.00 Å². The Labute approximate surface area is 126 Å². The quantitative estimate of drug-likeness (QED) is 0.796. The Morgan fingerprint density at radius 3 is 2.77 bits per heavy atom. The first-order chi connectivity index (χ1) is 10.5. The molecule has 1 aromatic carbocycles. The first kappa shape index (κ1) is 15.1. The SMILES string of the molecule is N#Cc1cc(N2CCN3CCOC[C@@H]3C2)ccc1C(F)(F)F. The van der Waals surface area contributed by atoms with Crippen molar-refractivity contribution in [3.63, 3.8) is 0 Å². The zero-order valence-corrected chi connectivity index (χ0v) is 11.9. The highest BCUT2D eigenvalue weighted by Gasteiger charge is 2.34. The number of alkyl halides is 3. The summed E-state index contributed by atoms with van der Waals surface area (Å²) in [6.45, 7) is 4.58. The van der Waals surface area contributed by atoms with Crippen LogP contribution < -0.4 is 4.90 Å². The third kappa shape index (κ3) is 2.89. The summed E-state index contributed by atoms with van der Waals surface area (Å²) >= 11 is 0. The second-order valence-electron chi connectivity index (χ2n) is 5.55. The van der Waals surface area contributed by atoms with Gasteiger partial charge in [-0.15, -0.1) is 0 Å². The van der Waals surface area contributed by atoms with E-state index >= 15 is 0 Å². The Morgan fingerprint density at radius 1 is 1.23 bits per heavy atom. The van der Waals surface area contributed by atoms with Crippen molar-refractivity contribution in [1.82, 2.24) is 4.90 Å². The molecule has 1 atom stereocenters. The lowest BCUT2D eigenvalue weighted by atomic mass is 10.0. The summed E-state index contributed by atoms with van der Waals surface area (Å²) < 4.78 is 44.0. The van der Waals surface area contributed by atoms with Crippen LogP contribution in [0, 0.1) is 11.3 Å². The fourth-order valence-electron chi connectivity index (χ4n) is 3.05. The molecule has 4 nitrogen and oxygen atoms in total. The predicted octanol–water partition coefficient (Wildman–Crippen LogP) is 2.10. The minimum atomic E-state index is -4.50. The van der Waals surface area contributed by atoms with Crippen molar-refractivity contribution in [3.05, 3.63) is 29.3 Å². The van der Waals surface area contributed by atoms with Gasteiger partial charge in [-0.2, -0.15) is 18.4 Å². The van der Waals surface area contributed by atoms with Gasteiger partial charge in [-0.3, -0.25) is 4.90 Å². The van der Waals surface area contributed by atoms with Gasteiger partial charge in [0.05, 0.1) is 36.5 Å². The number of fused-ring (bicyclic) bond motifs is 1. The fraction of sp³-hybridized carbons (Fsp3) is 0.533. The Bertz CT molecular complexity index is 597. The molecular weight excluding hydrogens is 295 g/mol. The van der Waals surface area contributed by atoms with Crippen LogP contribution in [-0.2, 0) is 10.9 Å². The number of nitrogens with zero attached hydrogens (tertiary/aromatic N) is 3. The summed E-state index contributed by atoms with van der Waals surface area (Å²) in [5.74, 6) is 0. The van der Waals surface area contributed by atoms with Crippen LogP contribution in [0.5, 0.6) is 0 Å². The summed E-state index contributed by atoms with van der Waals surface area (Å²) in [4.78, 5) is 4.37. The van der Waals surface area contributed by atoms with Crippen molar-refractivity contribution in [2.45, 2.75) is 12.2 Å². The molecule has 22 heavy (non-hydrogen) atoms. The van der Waals surface area contributed by atoms with Gasteiger partial charge in [0, 0.05) is 31.9 Å². The Kier molecular flexibility index (Phi) is 3.98. The maximum absolute atomic E-state index is 12.8. The molecule has 118 valence electrons. The largest absolute Gasteiger partial charge is 0.417 e. The Hall–Kier alpha value is -1.78. The standard InChI is InChI=1S/C15H16F3N3O/c16-15(17,18)14-2-1-12(7-11(14)8-19)21-4-3-20-5-6-22-10-13(20)9-21/h1-2,7,13H,3-6,9-10H2/t13-/m0/s1. The normalized spacial score (nSPS) is 23.0. The van der Waals surface area contributed by atoms with Crippen molar-refractivity contribution in [3.8, 4) is 6.07 Å². The molecule has 2 fully saturated rings. The van der Waals surface area contributed by atoms with Crippen molar-refractivity contribution in [1.29, 1.82) is 5.26 Å². The molecule has 0 bridgehead atoms. The van der Waals surface area contributed by atoms with Crippen molar-refractivity contribution in [2.75, 3.05) is 44.3 Å². The molecule has 2 saturated heterocycles. The van der Waals surface area contributed by atoms with E-state index in [0.29, 0.717) is 18.8 Å². The molecule has 0 unspecified atom stereocenters. The van der Waals surface area contributed by atoms with Crippen molar-refractivity contribution >= 4 is 5.69 Å². The zero-order chi connectivity index (χ0) is 15.7. The lowest BCUT2D eigenvalue weighted by Gasteiger charge is -2.44. The topological polar surface area (TPSA) is 39.5 Å². The van der Waals surface area contributed by atoms with Gasteiger partial charge >= 0.3 is 6.18 Å². The first-order valence-corrected chi connectivity index (χ1v) is 7.17. The van der Waals surface area contributed by atoms with Gasteiger partial charge in [0.2, 0.25) is 0 Å². The Morgan fingerprint density at radius 2 is 2.05 bits per heavy atom. The molecule has 0 spiro atoms. The van der Waals surface area contributed by atoms with E-state index in [1.54, 1.807) is 6.07 Å². The molecule has 0 radical (unpaired) electrons. The number of piperazine rings is 1. The Balaban J connectivity index is 1.82. The highest BCUT2D eigenvalue weighted by Crippen LogP contribution is 2.34. The summed E-state index contributed by atoms with van der Waals surface area (Å²) in [5, 5.41) is 9.00. The maximum atomic E-state index is 12.8. The first-order valence-electron chi connectivity index (χ1n) is 7.17. The zero-order valence-electron chi connectivity index (χ0n) is 11.9. The molecule has 1 aromatic rings. The van der Waals surface area contributed by atoms with Crippen LogP contribution in [0.4, 0.5) is 18.9 Å². The van der Waals surface area contributed by atoms with Gasteiger partial charge in [-0.25, -0.2) is 0 Å². The van der Waals surface area contributed by atoms with Crippen LogP contribution in [-0.4, -0.2) is 50.3 Å². The number of benzene rings is 1. The van der Waals surface area contributed by atoms with Crippen LogP contribution in [0.25, 0.3) is 0 Å². The second-order valence-corrected chi connectivity index (χ2v) is 5.55. The number of morpholine rings is 1. The monoisotopic (exact) mass is 311 g/mol. The highest BCUT2D eigenvalue weighted by atomic mass is 19.4. The molecule has 0 N–H and O–H groups in total. The number of hydrogen-bond acceptors (Lipinski definition) is 4. The average molecular weight is 311 g/mol. The fourth-order valence-corrected chi connectivity index (χ4v) is 3.05. The molecule has 0 amide bonds. The third-order valence-electron chi connectivity index (χ3n) is 4.23. The number of rotatable bonds is 1. The van der Waals surface area contributed by atoms with Crippen molar-refractivity contribution < 1.29 is 17.9 Å². The lowest BCUT2D eigenvalue weighted by Crippen LogP contribution is -2.58. The van der Waals surface area contributed by atoms with Gasteiger partial charge in [-0.1, -0.05) is 0 Å². The summed E-state index contributed by atoms with van der Waals surface area (Å²) in [6, 6.07) is 5.70. The van der Waals surface area contributed by atoms with Crippen LogP contribution >= 0.6 is 0 Å².